The fraction of sp³-hybridized carbons (Fsp3) is 0.227. The summed E-state index contributed by atoms with van der Waals surface area (Å²) >= 11 is 3.52. The number of benzene rings is 2. The highest BCUT2D eigenvalue weighted by atomic mass is 32.2. The van der Waals surface area contributed by atoms with Gasteiger partial charge in [-0.3, -0.25) is 9.69 Å². The van der Waals surface area contributed by atoms with Gasteiger partial charge in [0, 0.05) is 22.0 Å². The highest BCUT2D eigenvalue weighted by Crippen LogP contribution is 2.37. The van der Waals surface area contributed by atoms with Gasteiger partial charge in [-0.15, -0.1) is 23.1 Å². The van der Waals surface area contributed by atoms with Crippen molar-refractivity contribution in [3.63, 3.8) is 0 Å². The predicted molar refractivity (Wildman–Crippen MR) is 115 cm³/mol. The minimum atomic E-state index is 0.0338. The van der Waals surface area contributed by atoms with Crippen molar-refractivity contribution in [2.75, 3.05) is 24.7 Å². The fourth-order valence-electron chi connectivity index (χ4n) is 3.62. The SMILES string of the molecule is CSc1ccc(NC(=O)CN2CCc3sccc3[C@@H]2c2ccccc2)cc1. The molecule has 0 radical (unpaired) electrons. The molecule has 0 spiro atoms. The van der Waals surface area contributed by atoms with Gasteiger partial charge < -0.3 is 5.32 Å². The van der Waals surface area contributed by atoms with E-state index in [1.165, 1.54) is 20.9 Å². The predicted octanol–water partition coefficient (Wildman–Crippen LogP) is 5.06. The van der Waals surface area contributed by atoms with Crippen LogP contribution in [0.5, 0.6) is 0 Å². The summed E-state index contributed by atoms with van der Waals surface area (Å²) in [5, 5.41) is 5.21. The first-order chi connectivity index (χ1) is 13.2. The Morgan fingerprint density at radius 2 is 1.93 bits per heavy atom. The maximum atomic E-state index is 12.7. The number of carbonyl (C=O) groups is 1. The van der Waals surface area contributed by atoms with Crippen LogP contribution in [-0.4, -0.2) is 30.2 Å². The molecule has 3 nitrogen and oxygen atoms in total. The highest BCUT2D eigenvalue weighted by Gasteiger charge is 2.30. The largest absolute Gasteiger partial charge is 0.325 e. The lowest BCUT2D eigenvalue weighted by atomic mass is 9.93. The highest BCUT2D eigenvalue weighted by molar-refractivity contribution is 7.98. The second-order valence-electron chi connectivity index (χ2n) is 6.61. The molecule has 0 fully saturated rings. The van der Waals surface area contributed by atoms with Gasteiger partial charge in [0.25, 0.3) is 0 Å². The lowest BCUT2D eigenvalue weighted by Crippen LogP contribution is -2.40. The van der Waals surface area contributed by atoms with E-state index in [1.807, 2.05) is 47.9 Å². The molecule has 4 rings (SSSR count). The second kappa shape index (κ2) is 8.30. The van der Waals surface area contributed by atoms with Gasteiger partial charge in [-0.05, 0) is 59.5 Å². The van der Waals surface area contributed by atoms with Crippen molar-refractivity contribution in [1.29, 1.82) is 0 Å². The van der Waals surface area contributed by atoms with E-state index in [0.29, 0.717) is 6.54 Å². The molecule has 3 aromatic rings. The van der Waals surface area contributed by atoms with Gasteiger partial charge in [0.05, 0.1) is 12.6 Å². The number of nitrogens with zero attached hydrogens (tertiary/aromatic N) is 1. The van der Waals surface area contributed by atoms with Gasteiger partial charge in [-0.1, -0.05) is 30.3 Å². The Balaban J connectivity index is 1.52. The first-order valence-electron chi connectivity index (χ1n) is 9.04. The molecule has 1 aliphatic rings. The number of rotatable bonds is 5. The zero-order valence-electron chi connectivity index (χ0n) is 15.2. The number of fused-ring (bicyclic) bond motifs is 1. The maximum absolute atomic E-state index is 12.7. The monoisotopic (exact) mass is 394 g/mol. The fourth-order valence-corrected chi connectivity index (χ4v) is 4.94. The van der Waals surface area contributed by atoms with Crippen LogP contribution in [0.1, 0.15) is 22.0 Å². The standard InChI is InChI=1S/C22H22N2OS2/c1-26-18-9-7-17(8-10-18)23-21(25)15-24-13-11-20-19(12-14-27-20)22(24)16-5-3-2-4-6-16/h2-10,12,14,22H,11,13,15H2,1H3,(H,23,25)/t22-/m0/s1. The molecule has 2 aromatic carbocycles. The van der Waals surface area contributed by atoms with Crippen molar-refractivity contribution in [3.8, 4) is 0 Å². The summed E-state index contributed by atoms with van der Waals surface area (Å²) in [6.45, 7) is 1.28. The third kappa shape index (κ3) is 4.10. The van der Waals surface area contributed by atoms with Crippen molar-refractivity contribution >= 4 is 34.7 Å². The number of hydrogen-bond acceptors (Lipinski definition) is 4. The summed E-state index contributed by atoms with van der Waals surface area (Å²) < 4.78 is 0. The number of thiophene rings is 1. The minimum absolute atomic E-state index is 0.0338. The van der Waals surface area contributed by atoms with E-state index < -0.39 is 0 Å². The maximum Gasteiger partial charge on any atom is 0.238 e. The van der Waals surface area contributed by atoms with Gasteiger partial charge in [-0.2, -0.15) is 0 Å². The van der Waals surface area contributed by atoms with Crippen molar-refractivity contribution in [2.45, 2.75) is 17.4 Å². The molecular weight excluding hydrogens is 372 g/mol. The van der Waals surface area contributed by atoms with Gasteiger partial charge in [0.1, 0.15) is 0 Å². The summed E-state index contributed by atoms with van der Waals surface area (Å²) in [5.41, 5.74) is 3.44. The Morgan fingerprint density at radius 1 is 1.15 bits per heavy atom. The first kappa shape index (κ1) is 18.3. The van der Waals surface area contributed by atoms with Crippen molar-refractivity contribution < 1.29 is 4.79 Å². The van der Waals surface area contributed by atoms with E-state index in [4.69, 9.17) is 0 Å². The van der Waals surface area contributed by atoms with E-state index in [2.05, 4.69) is 45.9 Å². The number of thioether (sulfide) groups is 1. The Hall–Kier alpha value is -2.08. The third-order valence-electron chi connectivity index (χ3n) is 4.90. The normalized spacial score (nSPS) is 16.7. The van der Waals surface area contributed by atoms with Gasteiger partial charge in [-0.25, -0.2) is 0 Å². The molecule has 1 N–H and O–H groups in total. The number of amides is 1. The molecular formula is C22H22N2OS2. The molecule has 0 saturated carbocycles. The Bertz CT molecular complexity index is 906. The Labute approximate surface area is 168 Å². The topological polar surface area (TPSA) is 32.3 Å². The second-order valence-corrected chi connectivity index (χ2v) is 8.49. The lowest BCUT2D eigenvalue weighted by molar-refractivity contribution is -0.117. The van der Waals surface area contributed by atoms with Crippen LogP contribution in [0.25, 0.3) is 0 Å². The third-order valence-corrected chi connectivity index (χ3v) is 6.64. The van der Waals surface area contributed by atoms with Gasteiger partial charge in [0.15, 0.2) is 0 Å². The smallest absolute Gasteiger partial charge is 0.238 e. The van der Waals surface area contributed by atoms with Crippen LogP contribution >= 0.6 is 23.1 Å². The molecule has 1 amide bonds. The number of carbonyl (C=O) groups excluding carboxylic acids is 1. The molecule has 27 heavy (non-hydrogen) atoms. The van der Waals surface area contributed by atoms with Crippen molar-refractivity contribution in [1.82, 2.24) is 4.90 Å². The summed E-state index contributed by atoms with van der Waals surface area (Å²) in [4.78, 5) is 17.6. The van der Waals surface area contributed by atoms with Crippen molar-refractivity contribution in [2.24, 2.45) is 0 Å². The molecule has 0 saturated heterocycles. The zero-order chi connectivity index (χ0) is 18.6. The number of hydrogen-bond donors (Lipinski definition) is 1. The molecule has 1 aliphatic heterocycles. The van der Waals surface area contributed by atoms with E-state index in [0.717, 1.165) is 18.7 Å². The van der Waals surface area contributed by atoms with E-state index in [-0.39, 0.29) is 11.9 Å². The summed E-state index contributed by atoms with van der Waals surface area (Å²) in [7, 11) is 0. The molecule has 0 aliphatic carbocycles. The molecule has 0 bridgehead atoms. The van der Waals surface area contributed by atoms with Crippen molar-refractivity contribution in [3.05, 3.63) is 82.0 Å². The average Bonchev–Trinajstić information content (AvgIpc) is 3.18. The number of nitrogens with one attached hydrogen (secondary N) is 1. The van der Waals surface area contributed by atoms with Crippen LogP contribution in [0.4, 0.5) is 5.69 Å². The van der Waals surface area contributed by atoms with Crippen LogP contribution in [0.2, 0.25) is 0 Å². The van der Waals surface area contributed by atoms with Crippen LogP contribution in [0, 0.1) is 0 Å². The van der Waals surface area contributed by atoms with Crippen LogP contribution in [0.15, 0.2) is 70.9 Å². The molecule has 1 atom stereocenters. The van der Waals surface area contributed by atoms with Crippen LogP contribution in [0.3, 0.4) is 0 Å². The van der Waals surface area contributed by atoms with E-state index in [9.17, 15) is 4.79 Å². The molecule has 1 aromatic heterocycles. The molecule has 5 heteroatoms. The summed E-state index contributed by atoms with van der Waals surface area (Å²) in [6, 6.07) is 20.8. The van der Waals surface area contributed by atoms with E-state index in [1.54, 1.807) is 11.8 Å². The first-order valence-corrected chi connectivity index (χ1v) is 11.1. The lowest BCUT2D eigenvalue weighted by Gasteiger charge is -2.35. The number of anilines is 1. The van der Waals surface area contributed by atoms with Gasteiger partial charge in [0.2, 0.25) is 5.91 Å². The van der Waals surface area contributed by atoms with Gasteiger partial charge >= 0.3 is 0 Å². The van der Waals surface area contributed by atoms with Crippen LogP contribution < -0.4 is 5.32 Å². The quantitative estimate of drug-likeness (QED) is 0.614. The Kier molecular flexibility index (Phi) is 5.62. The summed E-state index contributed by atoms with van der Waals surface area (Å²) in [6.07, 6.45) is 3.05. The molecule has 2 heterocycles. The Morgan fingerprint density at radius 3 is 2.67 bits per heavy atom. The van der Waals surface area contributed by atoms with E-state index >= 15 is 0 Å². The summed E-state index contributed by atoms with van der Waals surface area (Å²) in [5.74, 6) is 0.0338. The molecule has 0 unspecified atom stereocenters. The van der Waals surface area contributed by atoms with Crippen LogP contribution in [-0.2, 0) is 11.2 Å². The average molecular weight is 395 g/mol. The minimum Gasteiger partial charge on any atom is -0.325 e. The molecule has 138 valence electrons. The zero-order valence-corrected chi connectivity index (χ0v) is 16.9.